The smallest absolute Gasteiger partial charge is 0.410 e. The number of hydrogen-bond donors (Lipinski definition) is 2. The lowest BCUT2D eigenvalue weighted by atomic mass is 9.88. The predicted octanol–water partition coefficient (Wildman–Crippen LogP) is 3.60. The Balaban J connectivity index is 1.29. The number of furan rings is 1. The van der Waals surface area contributed by atoms with E-state index in [2.05, 4.69) is 10.6 Å². The zero-order valence-corrected chi connectivity index (χ0v) is 21.8. The van der Waals surface area contributed by atoms with E-state index in [4.69, 9.17) is 9.15 Å². The van der Waals surface area contributed by atoms with Crippen LogP contribution < -0.4 is 10.6 Å². The highest BCUT2D eigenvalue weighted by atomic mass is 16.6. The summed E-state index contributed by atoms with van der Waals surface area (Å²) in [7, 11) is 0. The van der Waals surface area contributed by atoms with Crippen LogP contribution in [-0.2, 0) is 19.1 Å². The highest BCUT2D eigenvalue weighted by Gasteiger charge is 2.31. The maximum absolute atomic E-state index is 13.0. The molecule has 0 spiro atoms. The van der Waals surface area contributed by atoms with Crippen molar-refractivity contribution in [3.63, 3.8) is 0 Å². The summed E-state index contributed by atoms with van der Waals surface area (Å²) in [5.41, 5.74) is 1.50. The van der Waals surface area contributed by atoms with Gasteiger partial charge in [-0.05, 0) is 50.8 Å². The van der Waals surface area contributed by atoms with Crippen LogP contribution >= 0.6 is 0 Å². The second-order valence-corrected chi connectivity index (χ2v) is 10.8. The first-order valence-electron chi connectivity index (χ1n) is 12.9. The van der Waals surface area contributed by atoms with Gasteiger partial charge in [0.2, 0.25) is 17.7 Å². The molecule has 2 aliphatic heterocycles. The number of imide groups is 1. The second kappa shape index (κ2) is 10.1. The molecule has 2 aromatic carbocycles. The zero-order chi connectivity index (χ0) is 27.0. The molecule has 200 valence electrons. The number of rotatable bonds is 4. The standard InChI is InChI=1S/C28H32N4O6/c1-28(2,3)38-27(36)32-13-11-31(12-14-32)15-24(34)29-21-6-4-5-18-17(21)7-9-22-25(18)20(16-37-22)19-8-10-23(33)30-26(19)35/h4-7,9,16,19H,8,10-15H2,1-3H3,(H,29,34)(H,30,33,35). The van der Waals surface area contributed by atoms with Crippen LogP contribution in [0.5, 0.6) is 0 Å². The maximum atomic E-state index is 13.0. The average Bonchev–Trinajstić information content (AvgIpc) is 3.28. The van der Waals surface area contributed by atoms with Gasteiger partial charge in [-0.15, -0.1) is 0 Å². The molecule has 0 radical (unpaired) electrons. The molecule has 10 heteroatoms. The first-order valence-corrected chi connectivity index (χ1v) is 12.9. The van der Waals surface area contributed by atoms with Gasteiger partial charge in [0.1, 0.15) is 11.2 Å². The summed E-state index contributed by atoms with van der Waals surface area (Å²) in [4.78, 5) is 53.1. The third-order valence-corrected chi connectivity index (χ3v) is 6.90. The molecule has 0 aliphatic carbocycles. The number of nitrogens with one attached hydrogen (secondary N) is 2. The van der Waals surface area contributed by atoms with Crippen LogP contribution in [0.3, 0.4) is 0 Å². The van der Waals surface area contributed by atoms with Gasteiger partial charge in [-0.1, -0.05) is 12.1 Å². The van der Waals surface area contributed by atoms with Crippen molar-refractivity contribution in [2.45, 2.75) is 45.1 Å². The largest absolute Gasteiger partial charge is 0.464 e. The number of benzene rings is 2. The van der Waals surface area contributed by atoms with Gasteiger partial charge in [0.25, 0.3) is 0 Å². The number of hydrogen-bond acceptors (Lipinski definition) is 7. The van der Waals surface area contributed by atoms with E-state index in [1.165, 1.54) is 0 Å². The molecule has 2 N–H and O–H groups in total. The minimum atomic E-state index is -0.544. The van der Waals surface area contributed by atoms with Crippen LogP contribution in [0.2, 0.25) is 0 Å². The van der Waals surface area contributed by atoms with E-state index in [0.717, 1.165) is 21.7 Å². The minimum Gasteiger partial charge on any atom is -0.464 e. The Bertz CT molecular complexity index is 1410. The number of nitrogens with zero attached hydrogens (tertiary/aromatic N) is 2. The van der Waals surface area contributed by atoms with E-state index in [9.17, 15) is 19.2 Å². The third kappa shape index (κ3) is 5.35. The summed E-state index contributed by atoms with van der Waals surface area (Å²) in [6.45, 7) is 7.87. The van der Waals surface area contributed by atoms with Crippen LogP contribution in [0, 0.1) is 0 Å². The van der Waals surface area contributed by atoms with Crippen molar-refractivity contribution < 1.29 is 28.3 Å². The third-order valence-electron chi connectivity index (χ3n) is 6.90. The van der Waals surface area contributed by atoms with Crippen molar-refractivity contribution in [2.75, 3.05) is 38.0 Å². The quantitative estimate of drug-likeness (QED) is 0.504. The molecule has 3 heterocycles. The van der Waals surface area contributed by atoms with Crippen molar-refractivity contribution in [3.8, 4) is 0 Å². The van der Waals surface area contributed by atoms with Crippen molar-refractivity contribution >= 4 is 51.2 Å². The highest BCUT2D eigenvalue weighted by Crippen LogP contribution is 2.38. The summed E-state index contributed by atoms with van der Waals surface area (Å²) in [6.07, 6.45) is 1.96. The number of anilines is 1. The van der Waals surface area contributed by atoms with Crippen LogP contribution in [-0.4, -0.2) is 71.9 Å². The minimum absolute atomic E-state index is 0.152. The second-order valence-electron chi connectivity index (χ2n) is 10.8. The molecule has 5 rings (SSSR count). The average molecular weight is 521 g/mol. The van der Waals surface area contributed by atoms with Gasteiger partial charge in [0.05, 0.1) is 18.7 Å². The van der Waals surface area contributed by atoms with Crippen LogP contribution in [0.25, 0.3) is 21.7 Å². The van der Waals surface area contributed by atoms with Gasteiger partial charge < -0.3 is 19.4 Å². The summed E-state index contributed by atoms with van der Waals surface area (Å²) in [5.74, 6) is -1.21. The van der Waals surface area contributed by atoms with Crippen LogP contribution in [0.15, 0.2) is 41.0 Å². The number of carbonyl (C=O) groups excluding carboxylic acids is 4. The lowest BCUT2D eigenvalue weighted by Crippen LogP contribution is -2.51. The summed E-state index contributed by atoms with van der Waals surface area (Å²) >= 11 is 0. The van der Waals surface area contributed by atoms with Crippen LogP contribution in [0.4, 0.5) is 10.5 Å². The lowest BCUT2D eigenvalue weighted by Gasteiger charge is -2.35. The van der Waals surface area contributed by atoms with E-state index < -0.39 is 11.5 Å². The monoisotopic (exact) mass is 520 g/mol. The molecular weight excluding hydrogens is 488 g/mol. The molecule has 4 amide bonds. The van der Waals surface area contributed by atoms with Crippen molar-refractivity contribution in [3.05, 3.63) is 42.2 Å². The Morgan fingerprint density at radius 2 is 1.84 bits per heavy atom. The number of carbonyl (C=O) groups is 4. The molecule has 1 aromatic heterocycles. The number of piperazine rings is 1. The molecule has 0 saturated carbocycles. The Morgan fingerprint density at radius 3 is 2.55 bits per heavy atom. The van der Waals surface area contributed by atoms with Gasteiger partial charge in [-0.25, -0.2) is 4.79 Å². The normalized spacial score (nSPS) is 19.0. The van der Waals surface area contributed by atoms with Gasteiger partial charge >= 0.3 is 6.09 Å². The molecule has 2 saturated heterocycles. The van der Waals surface area contributed by atoms with Gasteiger partial charge in [-0.2, -0.15) is 0 Å². The Morgan fingerprint density at radius 1 is 1.08 bits per heavy atom. The van der Waals surface area contributed by atoms with Gasteiger partial charge in [0.15, 0.2) is 0 Å². The topological polar surface area (TPSA) is 121 Å². The first kappa shape index (κ1) is 25.7. The maximum Gasteiger partial charge on any atom is 0.410 e. The van der Waals surface area contributed by atoms with Crippen molar-refractivity contribution in [2.24, 2.45) is 0 Å². The van der Waals surface area contributed by atoms with Gasteiger partial charge in [-0.3, -0.25) is 24.6 Å². The summed E-state index contributed by atoms with van der Waals surface area (Å²) < 4.78 is 11.2. The van der Waals surface area contributed by atoms with Gasteiger partial charge in [0, 0.05) is 54.6 Å². The van der Waals surface area contributed by atoms with E-state index in [-0.39, 0.29) is 36.8 Å². The summed E-state index contributed by atoms with van der Waals surface area (Å²) in [5, 5.41) is 7.95. The number of fused-ring (bicyclic) bond motifs is 3. The van der Waals surface area contributed by atoms with E-state index >= 15 is 0 Å². The molecule has 0 bridgehead atoms. The fourth-order valence-corrected chi connectivity index (χ4v) is 5.08. The Kier molecular flexibility index (Phi) is 6.83. The molecular formula is C28H32N4O6. The molecule has 1 atom stereocenters. The van der Waals surface area contributed by atoms with E-state index in [1.807, 2.05) is 56.0 Å². The Hall–Kier alpha value is -3.92. The molecule has 2 aliphatic rings. The van der Waals surface area contributed by atoms with Crippen molar-refractivity contribution in [1.29, 1.82) is 0 Å². The molecule has 38 heavy (non-hydrogen) atoms. The Labute approximate surface area is 220 Å². The fourth-order valence-electron chi connectivity index (χ4n) is 5.08. The van der Waals surface area contributed by atoms with Crippen molar-refractivity contribution in [1.82, 2.24) is 15.1 Å². The number of piperidine rings is 1. The fraction of sp³-hybridized carbons (Fsp3) is 0.429. The van der Waals surface area contributed by atoms with E-state index in [0.29, 0.717) is 43.9 Å². The number of ether oxygens (including phenoxy) is 1. The summed E-state index contributed by atoms with van der Waals surface area (Å²) in [6, 6.07) is 9.37. The zero-order valence-electron chi connectivity index (χ0n) is 21.8. The molecule has 2 fully saturated rings. The highest BCUT2D eigenvalue weighted by molar-refractivity contribution is 6.15. The van der Waals surface area contributed by atoms with Crippen LogP contribution in [0.1, 0.15) is 45.1 Å². The molecule has 3 aromatic rings. The SMILES string of the molecule is CC(C)(C)OC(=O)N1CCN(CC(=O)Nc2cccc3c2ccc2occ(C4CCC(=O)NC4=O)c23)CC1. The van der Waals surface area contributed by atoms with E-state index in [1.54, 1.807) is 11.2 Å². The predicted molar refractivity (Wildman–Crippen MR) is 142 cm³/mol. The first-order chi connectivity index (χ1) is 18.1. The number of amides is 4. The molecule has 1 unspecified atom stereocenters. The lowest BCUT2D eigenvalue weighted by molar-refractivity contribution is -0.134. The molecule has 10 nitrogen and oxygen atoms in total.